The highest BCUT2D eigenvalue weighted by Gasteiger charge is 2.34. The molecule has 1 fully saturated rings. The van der Waals surface area contributed by atoms with Crippen LogP contribution in [0.15, 0.2) is 85.1 Å². The average molecular weight is 558 g/mol. The number of halogens is 3. The first-order valence-corrected chi connectivity index (χ1v) is 13.6. The molecule has 4 aromatic rings. The van der Waals surface area contributed by atoms with Gasteiger partial charge in [-0.25, -0.2) is 13.2 Å². The molecule has 0 spiro atoms. The predicted octanol–water partition coefficient (Wildman–Crippen LogP) is 6.64. The van der Waals surface area contributed by atoms with Gasteiger partial charge in [0.05, 0.1) is 23.2 Å². The van der Waals surface area contributed by atoms with Crippen LogP contribution in [-0.4, -0.2) is 16.8 Å². The van der Waals surface area contributed by atoms with E-state index in [1.165, 1.54) is 24.3 Å². The lowest BCUT2D eigenvalue weighted by Crippen LogP contribution is -2.37. The number of amides is 2. The molecule has 8 heteroatoms. The van der Waals surface area contributed by atoms with Crippen molar-refractivity contribution in [2.24, 2.45) is 11.7 Å². The number of aromatic nitrogens is 1. The SMILES string of the molecule is NC(=O)c1cc(-c2cccnc2[C@H](Cc2cc(F)cc(F)c2)NC(=O)C(c2ccccc2)C2CCCC2)ccc1F. The second-order valence-electron chi connectivity index (χ2n) is 10.5. The van der Waals surface area contributed by atoms with Crippen LogP contribution in [0.2, 0.25) is 0 Å². The molecule has 0 radical (unpaired) electrons. The fourth-order valence-electron chi connectivity index (χ4n) is 5.85. The van der Waals surface area contributed by atoms with Crippen LogP contribution in [0.25, 0.3) is 11.1 Å². The lowest BCUT2D eigenvalue weighted by molar-refractivity contribution is -0.124. The van der Waals surface area contributed by atoms with E-state index < -0.39 is 35.3 Å². The molecule has 1 heterocycles. The van der Waals surface area contributed by atoms with E-state index in [2.05, 4.69) is 10.3 Å². The number of rotatable bonds is 9. The Kier molecular flexibility index (Phi) is 8.47. The minimum Gasteiger partial charge on any atom is -0.366 e. The van der Waals surface area contributed by atoms with E-state index in [1.807, 2.05) is 30.3 Å². The molecule has 1 unspecified atom stereocenters. The molecule has 1 saturated carbocycles. The number of nitrogens with one attached hydrogen (secondary N) is 1. The molecule has 0 bridgehead atoms. The molecular weight excluding hydrogens is 527 g/mol. The molecule has 0 saturated heterocycles. The Morgan fingerprint density at radius 2 is 1.61 bits per heavy atom. The highest BCUT2D eigenvalue weighted by atomic mass is 19.1. The molecule has 41 heavy (non-hydrogen) atoms. The van der Waals surface area contributed by atoms with Crippen molar-refractivity contribution in [2.45, 2.75) is 44.1 Å². The number of pyridine rings is 1. The van der Waals surface area contributed by atoms with Gasteiger partial charge in [-0.3, -0.25) is 14.6 Å². The van der Waals surface area contributed by atoms with Crippen molar-refractivity contribution in [2.75, 3.05) is 0 Å². The minimum absolute atomic E-state index is 0.0421. The van der Waals surface area contributed by atoms with Gasteiger partial charge in [-0.1, -0.05) is 55.3 Å². The van der Waals surface area contributed by atoms with Crippen molar-refractivity contribution >= 4 is 11.8 Å². The maximum Gasteiger partial charge on any atom is 0.251 e. The first-order chi connectivity index (χ1) is 19.8. The smallest absolute Gasteiger partial charge is 0.251 e. The Labute approximate surface area is 236 Å². The van der Waals surface area contributed by atoms with Crippen molar-refractivity contribution in [1.82, 2.24) is 10.3 Å². The standard InChI is InChI=1S/C33H30F3N3O2/c34-24-15-20(16-25(35)19-24)17-29(39-33(41)30(22-9-4-5-10-22)21-7-2-1-3-8-21)31-26(11-6-14-38-31)23-12-13-28(36)27(18-23)32(37)40/h1-3,6-8,11-16,18-19,22,29-30H,4-5,9-10,17H2,(H2,37,40)(H,39,41)/t29-,30?/m0/s1. The summed E-state index contributed by atoms with van der Waals surface area (Å²) in [6.45, 7) is 0. The van der Waals surface area contributed by atoms with Gasteiger partial charge in [0, 0.05) is 17.8 Å². The summed E-state index contributed by atoms with van der Waals surface area (Å²) in [5, 5.41) is 3.14. The highest BCUT2D eigenvalue weighted by molar-refractivity contribution is 5.94. The molecule has 3 aromatic carbocycles. The van der Waals surface area contributed by atoms with Gasteiger partial charge >= 0.3 is 0 Å². The number of benzene rings is 3. The fraction of sp³-hybridized carbons (Fsp3) is 0.242. The number of nitrogens with two attached hydrogens (primary N) is 1. The van der Waals surface area contributed by atoms with Gasteiger partial charge in [0.2, 0.25) is 5.91 Å². The van der Waals surface area contributed by atoms with E-state index in [0.717, 1.165) is 43.4 Å². The Bertz CT molecular complexity index is 1530. The molecule has 1 aliphatic rings. The lowest BCUT2D eigenvalue weighted by atomic mass is 9.83. The van der Waals surface area contributed by atoms with E-state index in [0.29, 0.717) is 22.4 Å². The van der Waals surface area contributed by atoms with Crippen molar-refractivity contribution < 1.29 is 22.8 Å². The van der Waals surface area contributed by atoms with E-state index in [4.69, 9.17) is 5.73 Å². The third-order valence-corrected chi connectivity index (χ3v) is 7.70. The van der Waals surface area contributed by atoms with E-state index in [1.54, 1.807) is 18.3 Å². The second kappa shape index (κ2) is 12.4. The van der Waals surface area contributed by atoms with Gasteiger partial charge in [-0.15, -0.1) is 0 Å². The van der Waals surface area contributed by atoms with Gasteiger partial charge in [0.15, 0.2) is 0 Å². The van der Waals surface area contributed by atoms with Crippen LogP contribution in [0.4, 0.5) is 13.2 Å². The molecule has 2 atom stereocenters. The molecule has 2 amide bonds. The number of carbonyl (C=O) groups excluding carboxylic acids is 2. The van der Waals surface area contributed by atoms with Gasteiger partial charge in [-0.2, -0.15) is 0 Å². The normalized spacial score (nSPS) is 14.9. The summed E-state index contributed by atoms with van der Waals surface area (Å²) in [5.74, 6) is -3.61. The molecular formula is C33H30F3N3O2. The summed E-state index contributed by atoms with van der Waals surface area (Å²) >= 11 is 0. The molecule has 5 rings (SSSR count). The zero-order chi connectivity index (χ0) is 28.9. The van der Waals surface area contributed by atoms with Crippen LogP contribution in [0.3, 0.4) is 0 Å². The highest BCUT2D eigenvalue weighted by Crippen LogP contribution is 2.38. The van der Waals surface area contributed by atoms with E-state index >= 15 is 0 Å². The minimum atomic E-state index is -0.919. The molecule has 3 N–H and O–H groups in total. The second-order valence-corrected chi connectivity index (χ2v) is 10.5. The van der Waals surface area contributed by atoms with E-state index in [9.17, 15) is 22.8 Å². The van der Waals surface area contributed by atoms with Crippen molar-refractivity contribution in [3.05, 3.63) is 125 Å². The molecule has 5 nitrogen and oxygen atoms in total. The van der Waals surface area contributed by atoms with Crippen LogP contribution >= 0.6 is 0 Å². The Morgan fingerprint density at radius 1 is 0.902 bits per heavy atom. The predicted molar refractivity (Wildman–Crippen MR) is 150 cm³/mol. The zero-order valence-corrected chi connectivity index (χ0v) is 22.3. The third-order valence-electron chi connectivity index (χ3n) is 7.70. The monoisotopic (exact) mass is 557 g/mol. The van der Waals surface area contributed by atoms with E-state index in [-0.39, 0.29) is 23.8 Å². The molecule has 210 valence electrons. The van der Waals surface area contributed by atoms with Crippen molar-refractivity contribution in [3.63, 3.8) is 0 Å². The largest absolute Gasteiger partial charge is 0.366 e. The van der Waals surface area contributed by atoms with Gasteiger partial charge in [0.1, 0.15) is 17.5 Å². The Balaban J connectivity index is 1.58. The summed E-state index contributed by atoms with van der Waals surface area (Å²) in [6.07, 6.45) is 5.53. The summed E-state index contributed by atoms with van der Waals surface area (Å²) in [7, 11) is 0. The van der Waals surface area contributed by atoms with Crippen molar-refractivity contribution in [3.8, 4) is 11.1 Å². The maximum absolute atomic E-state index is 14.3. The third kappa shape index (κ3) is 6.48. The van der Waals surface area contributed by atoms with Gasteiger partial charge in [-0.05, 0) is 72.2 Å². The first kappa shape index (κ1) is 28.1. The quantitative estimate of drug-likeness (QED) is 0.242. The number of nitrogens with zero attached hydrogens (tertiary/aromatic N) is 1. The molecule has 1 aliphatic carbocycles. The average Bonchev–Trinajstić information content (AvgIpc) is 3.47. The first-order valence-electron chi connectivity index (χ1n) is 13.6. The topological polar surface area (TPSA) is 85.1 Å². The zero-order valence-electron chi connectivity index (χ0n) is 22.3. The van der Waals surface area contributed by atoms with Crippen LogP contribution in [0, 0.1) is 23.4 Å². The number of carbonyl (C=O) groups is 2. The Morgan fingerprint density at radius 3 is 2.29 bits per heavy atom. The summed E-state index contributed by atoms with van der Waals surface area (Å²) in [6, 6.07) is 19.4. The van der Waals surface area contributed by atoms with Gasteiger partial charge < -0.3 is 11.1 Å². The van der Waals surface area contributed by atoms with Crippen LogP contribution in [0.1, 0.15) is 64.8 Å². The number of hydrogen-bond donors (Lipinski definition) is 2. The van der Waals surface area contributed by atoms with Gasteiger partial charge in [0.25, 0.3) is 5.91 Å². The Hall–Kier alpha value is -4.46. The fourth-order valence-corrected chi connectivity index (χ4v) is 5.85. The van der Waals surface area contributed by atoms with Crippen LogP contribution in [-0.2, 0) is 11.2 Å². The summed E-state index contributed by atoms with van der Waals surface area (Å²) < 4.78 is 42.6. The van der Waals surface area contributed by atoms with Crippen LogP contribution < -0.4 is 11.1 Å². The van der Waals surface area contributed by atoms with Crippen molar-refractivity contribution in [1.29, 1.82) is 0 Å². The maximum atomic E-state index is 14.3. The summed E-state index contributed by atoms with van der Waals surface area (Å²) in [5.41, 5.74) is 7.72. The lowest BCUT2D eigenvalue weighted by Gasteiger charge is -2.27. The number of hydrogen-bond acceptors (Lipinski definition) is 3. The summed E-state index contributed by atoms with van der Waals surface area (Å²) in [4.78, 5) is 30.5. The van der Waals surface area contributed by atoms with Crippen LogP contribution in [0.5, 0.6) is 0 Å². The molecule has 0 aliphatic heterocycles. The molecule has 1 aromatic heterocycles. The number of primary amides is 1.